The number of carbonyl (C=O) groups excluding carboxylic acids is 1. The zero-order valence-electron chi connectivity index (χ0n) is 12.9. The lowest BCUT2D eigenvalue weighted by molar-refractivity contribution is 0.102. The Hall–Kier alpha value is -2.29. The van der Waals surface area contributed by atoms with E-state index in [1.54, 1.807) is 0 Å². The molecule has 0 radical (unpaired) electrons. The number of carbonyl (C=O) groups is 1. The summed E-state index contributed by atoms with van der Waals surface area (Å²) in [5.74, 6) is 0.702. The summed E-state index contributed by atoms with van der Waals surface area (Å²) in [6.45, 7) is 2.56. The maximum atomic E-state index is 12.4. The predicted molar refractivity (Wildman–Crippen MR) is 88.6 cm³/mol. The molecule has 3 rings (SSSR count). The van der Waals surface area contributed by atoms with E-state index < -0.39 is 0 Å². The van der Waals surface area contributed by atoms with Gasteiger partial charge in [0.25, 0.3) is 5.91 Å². The largest absolute Gasteiger partial charge is 0.494 e. The van der Waals surface area contributed by atoms with Crippen molar-refractivity contribution in [1.29, 1.82) is 0 Å². The summed E-state index contributed by atoms with van der Waals surface area (Å²) in [6, 6.07) is 13.5. The smallest absolute Gasteiger partial charge is 0.255 e. The Kier molecular flexibility index (Phi) is 4.42. The van der Waals surface area contributed by atoms with E-state index in [-0.39, 0.29) is 5.91 Å². The topological polar surface area (TPSA) is 38.3 Å². The van der Waals surface area contributed by atoms with Crippen molar-refractivity contribution in [3.05, 3.63) is 59.2 Å². The lowest BCUT2D eigenvalue weighted by Gasteiger charge is -2.16. The van der Waals surface area contributed by atoms with Crippen molar-refractivity contribution in [2.45, 2.75) is 32.6 Å². The van der Waals surface area contributed by atoms with Gasteiger partial charge in [0, 0.05) is 17.3 Å². The highest BCUT2D eigenvalue weighted by atomic mass is 16.5. The van der Waals surface area contributed by atoms with Gasteiger partial charge in [-0.15, -0.1) is 0 Å². The van der Waals surface area contributed by atoms with E-state index in [1.807, 2.05) is 43.3 Å². The molecule has 114 valence electrons. The van der Waals surface area contributed by atoms with Gasteiger partial charge in [-0.25, -0.2) is 0 Å². The molecule has 1 amide bonds. The fraction of sp³-hybridized carbons (Fsp3) is 0.316. The van der Waals surface area contributed by atoms with E-state index in [1.165, 1.54) is 24.0 Å². The number of hydrogen-bond acceptors (Lipinski definition) is 2. The van der Waals surface area contributed by atoms with Gasteiger partial charge in [0.05, 0.1) is 6.61 Å². The van der Waals surface area contributed by atoms with E-state index in [0.717, 1.165) is 29.8 Å². The van der Waals surface area contributed by atoms with E-state index in [2.05, 4.69) is 11.4 Å². The molecule has 0 aromatic heterocycles. The van der Waals surface area contributed by atoms with Crippen molar-refractivity contribution < 1.29 is 9.53 Å². The van der Waals surface area contributed by atoms with Crippen LogP contribution in [-0.4, -0.2) is 12.5 Å². The molecule has 0 spiro atoms. The number of ether oxygens (including phenoxy) is 1. The highest BCUT2D eigenvalue weighted by Crippen LogP contribution is 2.23. The maximum absolute atomic E-state index is 12.4. The molecule has 0 atom stereocenters. The maximum Gasteiger partial charge on any atom is 0.255 e. The summed E-state index contributed by atoms with van der Waals surface area (Å²) in [7, 11) is 0. The van der Waals surface area contributed by atoms with Gasteiger partial charge in [0.1, 0.15) is 5.75 Å². The summed E-state index contributed by atoms with van der Waals surface area (Å²) in [4.78, 5) is 12.4. The Morgan fingerprint density at radius 2 is 1.91 bits per heavy atom. The number of nitrogens with one attached hydrogen (secondary N) is 1. The number of rotatable bonds is 4. The van der Waals surface area contributed by atoms with Crippen molar-refractivity contribution in [3.63, 3.8) is 0 Å². The molecule has 1 aliphatic rings. The first-order valence-electron chi connectivity index (χ1n) is 7.92. The van der Waals surface area contributed by atoms with E-state index >= 15 is 0 Å². The number of amides is 1. The van der Waals surface area contributed by atoms with Crippen LogP contribution in [0.5, 0.6) is 5.75 Å². The summed E-state index contributed by atoms with van der Waals surface area (Å²) in [6.07, 6.45) is 4.68. The molecule has 1 aliphatic carbocycles. The fourth-order valence-electron chi connectivity index (χ4n) is 2.91. The Bertz CT molecular complexity index is 679. The minimum atomic E-state index is -0.0676. The van der Waals surface area contributed by atoms with E-state index in [9.17, 15) is 4.79 Å². The molecule has 3 nitrogen and oxygen atoms in total. The Morgan fingerprint density at radius 1 is 1.09 bits per heavy atom. The van der Waals surface area contributed by atoms with Crippen LogP contribution in [0.1, 0.15) is 41.3 Å². The number of aryl methyl sites for hydroxylation is 2. The molecule has 2 aromatic carbocycles. The third-order valence-corrected chi connectivity index (χ3v) is 4.01. The van der Waals surface area contributed by atoms with Gasteiger partial charge in [0.2, 0.25) is 0 Å². The first kappa shape index (κ1) is 14.6. The zero-order chi connectivity index (χ0) is 15.4. The molecule has 0 aliphatic heterocycles. The summed E-state index contributed by atoms with van der Waals surface area (Å²) < 4.78 is 5.46. The van der Waals surface area contributed by atoms with Gasteiger partial charge in [-0.05, 0) is 68.0 Å². The van der Waals surface area contributed by atoms with Crippen molar-refractivity contribution >= 4 is 11.6 Å². The van der Waals surface area contributed by atoms with Crippen LogP contribution in [0, 0.1) is 0 Å². The van der Waals surface area contributed by atoms with Crippen LogP contribution in [0.3, 0.4) is 0 Å². The molecule has 1 N–H and O–H groups in total. The van der Waals surface area contributed by atoms with Gasteiger partial charge in [0.15, 0.2) is 0 Å². The second-order valence-electron chi connectivity index (χ2n) is 5.61. The average Bonchev–Trinajstić information content (AvgIpc) is 2.55. The first-order chi connectivity index (χ1) is 10.8. The fourth-order valence-corrected chi connectivity index (χ4v) is 2.91. The Balaban J connectivity index is 1.75. The van der Waals surface area contributed by atoms with Crippen molar-refractivity contribution in [1.82, 2.24) is 0 Å². The van der Waals surface area contributed by atoms with Gasteiger partial charge in [-0.3, -0.25) is 4.79 Å². The molecule has 2 aromatic rings. The Labute approximate surface area is 131 Å². The normalized spacial score (nSPS) is 13.3. The second kappa shape index (κ2) is 6.65. The number of hydrogen-bond donors (Lipinski definition) is 1. The molecule has 22 heavy (non-hydrogen) atoms. The van der Waals surface area contributed by atoms with Crippen LogP contribution in [0.4, 0.5) is 5.69 Å². The lowest BCUT2D eigenvalue weighted by Crippen LogP contribution is -2.13. The Morgan fingerprint density at radius 3 is 2.73 bits per heavy atom. The van der Waals surface area contributed by atoms with Gasteiger partial charge in [-0.2, -0.15) is 0 Å². The molecule has 0 saturated heterocycles. The van der Waals surface area contributed by atoms with Crippen molar-refractivity contribution in [2.75, 3.05) is 11.9 Å². The third kappa shape index (κ3) is 3.30. The predicted octanol–water partition coefficient (Wildman–Crippen LogP) is 4.22. The van der Waals surface area contributed by atoms with Crippen LogP contribution < -0.4 is 10.1 Å². The van der Waals surface area contributed by atoms with Crippen LogP contribution in [-0.2, 0) is 12.8 Å². The minimum Gasteiger partial charge on any atom is -0.494 e. The van der Waals surface area contributed by atoms with Crippen LogP contribution in [0.2, 0.25) is 0 Å². The van der Waals surface area contributed by atoms with Crippen LogP contribution >= 0.6 is 0 Å². The second-order valence-corrected chi connectivity index (χ2v) is 5.61. The summed E-state index contributed by atoms with van der Waals surface area (Å²) in [5, 5.41) is 2.94. The van der Waals surface area contributed by atoms with Gasteiger partial charge < -0.3 is 10.1 Å². The molecular weight excluding hydrogens is 274 g/mol. The summed E-state index contributed by atoms with van der Waals surface area (Å²) in [5.41, 5.74) is 4.19. The summed E-state index contributed by atoms with van der Waals surface area (Å²) >= 11 is 0. The highest BCUT2D eigenvalue weighted by Gasteiger charge is 2.13. The van der Waals surface area contributed by atoms with Gasteiger partial charge >= 0.3 is 0 Å². The number of anilines is 1. The third-order valence-electron chi connectivity index (χ3n) is 4.01. The van der Waals surface area contributed by atoms with Crippen molar-refractivity contribution in [3.8, 4) is 5.75 Å². The number of benzene rings is 2. The van der Waals surface area contributed by atoms with Crippen LogP contribution in [0.25, 0.3) is 0 Å². The van der Waals surface area contributed by atoms with E-state index in [0.29, 0.717) is 6.61 Å². The average molecular weight is 295 g/mol. The molecule has 0 unspecified atom stereocenters. The van der Waals surface area contributed by atoms with Crippen LogP contribution in [0.15, 0.2) is 42.5 Å². The standard InChI is InChI=1S/C19H21NO2/c1-2-22-18-9-5-8-17(13-18)20-19(21)16-11-10-14-6-3-4-7-15(14)12-16/h5,8-13H,2-4,6-7H2,1H3,(H,20,21). The SMILES string of the molecule is CCOc1cccc(NC(=O)c2ccc3c(c2)CCCC3)c1. The number of fused-ring (bicyclic) bond motifs is 1. The highest BCUT2D eigenvalue weighted by molar-refractivity contribution is 6.04. The van der Waals surface area contributed by atoms with Gasteiger partial charge in [-0.1, -0.05) is 12.1 Å². The minimum absolute atomic E-state index is 0.0676. The molecule has 3 heteroatoms. The molecular formula is C19H21NO2. The molecule has 0 saturated carbocycles. The monoisotopic (exact) mass is 295 g/mol. The quantitative estimate of drug-likeness (QED) is 0.917. The first-order valence-corrected chi connectivity index (χ1v) is 7.92. The molecule has 0 bridgehead atoms. The lowest BCUT2D eigenvalue weighted by atomic mass is 9.90. The van der Waals surface area contributed by atoms with E-state index in [4.69, 9.17) is 4.74 Å². The zero-order valence-corrected chi connectivity index (χ0v) is 12.9. The van der Waals surface area contributed by atoms with Crippen molar-refractivity contribution in [2.24, 2.45) is 0 Å². The molecule has 0 fully saturated rings. The molecule has 0 heterocycles.